The van der Waals surface area contributed by atoms with Crippen LogP contribution >= 0.6 is 11.8 Å². The third-order valence-corrected chi connectivity index (χ3v) is 3.30. The Morgan fingerprint density at radius 3 is 2.93 bits per heavy atom. The third kappa shape index (κ3) is 2.31. The average molecular weight is 226 g/mol. The standard InChI is InChI=1S/C9H14N4OS/c1-6-11-12-9(13(6)7-3-4-7)15-5-8(14)10-2/h7H,3-5H2,1-2H3,(H,10,14). The highest BCUT2D eigenvalue weighted by Gasteiger charge is 2.28. The smallest absolute Gasteiger partial charge is 0.230 e. The van der Waals surface area contributed by atoms with Gasteiger partial charge in [0.2, 0.25) is 5.91 Å². The van der Waals surface area contributed by atoms with E-state index in [9.17, 15) is 4.79 Å². The molecule has 1 aliphatic carbocycles. The van der Waals surface area contributed by atoms with E-state index < -0.39 is 0 Å². The van der Waals surface area contributed by atoms with E-state index in [2.05, 4.69) is 20.1 Å². The number of aromatic nitrogens is 3. The highest BCUT2D eigenvalue weighted by Crippen LogP contribution is 2.38. The van der Waals surface area contributed by atoms with E-state index in [-0.39, 0.29) is 5.91 Å². The minimum Gasteiger partial charge on any atom is -0.358 e. The van der Waals surface area contributed by atoms with Gasteiger partial charge in [0.15, 0.2) is 5.16 Å². The van der Waals surface area contributed by atoms with E-state index >= 15 is 0 Å². The topological polar surface area (TPSA) is 59.8 Å². The van der Waals surface area contributed by atoms with Crippen molar-refractivity contribution in [2.24, 2.45) is 0 Å². The maximum atomic E-state index is 11.1. The summed E-state index contributed by atoms with van der Waals surface area (Å²) >= 11 is 1.45. The van der Waals surface area contributed by atoms with Gasteiger partial charge in [0.05, 0.1) is 5.75 Å². The molecule has 1 amide bonds. The zero-order chi connectivity index (χ0) is 10.8. The first-order chi connectivity index (χ1) is 7.22. The van der Waals surface area contributed by atoms with Gasteiger partial charge < -0.3 is 9.88 Å². The molecule has 0 unspecified atom stereocenters. The van der Waals surface area contributed by atoms with Gasteiger partial charge in [0.25, 0.3) is 0 Å². The molecule has 15 heavy (non-hydrogen) atoms. The van der Waals surface area contributed by atoms with Crippen molar-refractivity contribution in [2.75, 3.05) is 12.8 Å². The van der Waals surface area contributed by atoms with Crippen LogP contribution in [-0.4, -0.2) is 33.5 Å². The Morgan fingerprint density at radius 2 is 2.33 bits per heavy atom. The highest BCUT2D eigenvalue weighted by atomic mass is 32.2. The number of amides is 1. The first-order valence-electron chi connectivity index (χ1n) is 4.97. The molecule has 0 saturated heterocycles. The predicted molar refractivity (Wildman–Crippen MR) is 57.8 cm³/mol. The normalized spacial score (nSPS) is 15.3. The third-order valence-electron chi connectivity index (χ3n) is 2.36. The molecule has 0 atom stereocenters. The zero-order valence-corrected chi connectivity index (χ0v) is 9.67. The molecule has 2 rings (SSSR count). The van der Waals surface area contributed by atoms with E-state index in [1.54, 1.807) is 7.05 Å². The molecule has 1 aromatic heterocycles. The van der Waals surface area contributed by atoms with E-state index in [0.717, 1.165) is 11.0 Å². The van der Waals surface area contributed by atoms with Crippen LogP contribution in [0.15, 0.2) is 5.16 Å². The monoisotopic (exact) mass is 226 g/mol. The number of carbonyl (C=O) groups is 1. The molecule has 6 heteroatoms. The van der Waals surface area contributed by atoms with Crippen LogP contribution in [0.25, 0.3) is 0 Å². The molecule has 0 spiro atoms. The molecule has 0 aromatic carbocycles. The van der Waals surface area contributed by atoms with Gasteiger partial charge in [-0.3, -0.25) is 4.79 Å². The Balaban J connectivity index is 2.04. The second-order valence-electron chi connectivity index (χ2n) is 3.59. The maximum Gasteiger partial charge on any atom is 0.230 e. The summed E-state index contributed by atoms with van der Waals surface area (Å²) in [4.78, 5) is 11.1. The number of thioether (sulfide) groups is 1. The van der Waals surface area contributed by atoms with Crippen molar-refractivity contribution in [3.8, 4) is 0 Å². The number of rotatable bonds is 4. The summed E-state index contributed by atoms with van der Waals surface area (Å²) in [6, 6.07) is 0.562. The Hall–Kier alpha value is -1.04. The minimum atomic E-state index is 0.0167. The molecule has 1 saturated carbocycles. The molecule has 0 bridgehead atoms. The lowest BCUT2D eigenvalue weighted by molar-refractivity contribution is -0.118. The number of nitrogens with zero attached hydrogens (tertiary/aromatic N) is 3. The van der Waals surface area contributed by atoms with Gasteiger partial charge in [-0.05, 0) is 19.8 Å². The average Bonchev–Trinajstić information content (AvgIpc) is 3.00. The number of aryl methyl sites for hydroxylation is 1. The highest BCUT2D eigenvalue weighted by molar-refractivity contribution is 7.99. The number of hydrogen-bond acceptors (Lipinski definition) is 4. The van der Waals surface area contributed by atoms with Crippen molar-refractivity contribution < 1.29 is 4.79 Å². The largest absolute Gasteiger partial charge is 0.358 e. The van der Waals surface area contributed by atoms with Crippen molar-refractivity contribution >= 4 is 17.7 Å². The number of carbonyl (C=O) groups excluding carboxylic acids is 1. The predicted octanol–water partition coefficient (Wildman–Crippen LogP) is 0.760. The lowest BCUT2D eigenvalue weighted by Crippen LogP contribution is -2.20. The quantitative estimate of drug-likeness (QED) is 0.770. The lowest BCUT2D eigenvalue weighted by Gasteiger charge is -2.05. The SMILES string of the molecule is CNC(=O)CSc1nnc(C)n1C1CC1. The van der Waals surface area contributed by atoms with Gasteiger partial charge in [-0.2, -0.15) is 0 Å². The van der Waals surface area contributed by atoms with Crippen molar-refractivity contribution in [1.82, 2.24) is 20.1 Å². The summed E-state index contributed by atoms with van der Waals surface area (Å²) in [5.41, 5.74) is 0. The summed E-state index contributed by atoms with van der Waals surface area (Å²) < 4.78 is 2.13. The first-order valence-corrected chi connectivity index (χ1v) is 5.96. The fourth-order valence-electron chi connectivity index (χ4n) is 1.40. The molecule has 1 heterocycles. The van der Waals surface area contributed by atoms with E-state index in [1.807, 2.05) is 6.92 Å². The van der Waals surface area contributed by atoms with Crippen molar-refractivity contribution in [3.05, 3.63) is 5.82 Å². The van der Waals surface area contributed by atoms with Crippen LogP contribution < -0.4 is 5.32 Å². The molecule has 1 aromatic rings. The molecule has 0 radical (unpaired) electrons. The number of nitrogens with one attached hydrogen (secondary N) is 1. The Labute approximate surface area is 92.6 Å². The van der Waals surface area contributed by atoms with Gasteiger partial charge in [0, 0.05) is 13.1 Å². The van der Waals surface area contributed by atoms with Crippen LogP contribution in [-0.2, 0) is 4.79 Å². The van der Waals surface area contributed by atoms with Gasteiger partial charge in [-0.25, -0.2) is 0 Å². The molecule has 5 nitrogen and oxygen atoms in total. The Kier molecular flexibility index (Phi) is 2.95. The van der Waals surface area contributed by atoms with Crippen LogP contribution in [0.4, 0.5) is 0 Å². The zero-order valence-electron chi connectivity index (χ0n) is 8.86. The Morgan fingerprint density at radius 1 is 1.60 bits per heavy atom. The van der Waals surface area contributed by atoms with E-state index in [0.29, 0.717) is 11.8 Å². The van der Waals surface area contributed by atoms with Crippen LogP contribution in [0.3, 0.4) is 0 Å². The summed E-state index contributed by atoms with van der Waals surface area (Å²) in [6.45, 7) is 1.95. The van der Waals surface area contributed by atoms with Gasteiger partial charge >= 0.3 is 0 Å². The summed E-state index contributed by atoms with van der Waals surface area (Å²) in [7, 11) is 1.64. The van der Waals surface area contributed by atoms with Crippen molar-refractivity contribution in [3.63, 3.8) is 0 Å². The van der Waals surface area contributed by atoms with Crippen LogP contribution in [0.1, 0.15) is 24.7 Å². The summed E-state index contributed by atoms with van der Waals surface area (Å²) in [6.07, 6.45) is 2.40. The summed E-state index contributed by atoms with van der Waals surface area (Å²) in [5, 5.41) is 11.6. The minimum absolute atomic E-state index is 0.0167. The molecular weight excluding hydrogens is 212 g/mol. The molecule has 0 aliphatic heterocycles. The summed E-state index contributed by atoms with van der Waals surface area (Å²) in [5.74, 6) is 1.36. The Bertz CT molecular complexity index is 372. The van der Waals surface area contributed by atoms with Gasteiger partial charge in [0.1, 0.15) is 5.82 Å². The fourth-order valence-corrected chi connectivity index (χ4v) is 2.33. The first kappa shape index (κ1) is 10.5. The number of hydrogen-bond donors (Lipinski definition) is 1. The molecular formula is C9H14N4OS. The second kappa shape index (κ2) is 4.22. The van der Waals surface area contributed by atoms with Crippen LogP contribution in [0.2, 0.25) is 0 Å². The van der Waals surface area contributed by atoms with Crippen molar-refractivity contribution in [1.29, 1.82) is 0 Å². The van der Waals surface area contributed by atoms with Crippen molar-refractivity contribution in [2.45, 2.75) is 31.0 Å². The molecule has 1 N–H and O–H groups in total. The van der Waals surface area contributed by atoms with Crippen LogP contribution in [0.5, 0.6) is 0 Å². The molecule has 1 fully saturated rings. The molecule has 1 aliphatic rings. The maximum absolute atomic E-state index is 11.1. The second-order valence-corrected chi connectivity index (χ2v) is 4.54. The molecule has 82 valence electrons. The fraction of sp³-hybridized carbons (Fsp3) is 0.667. The van der Waals surface area contributed by atoms with E-state index in [4.69, 9.17) is 0 Å². The van der Waals surface area contributed by atoms with E-state index in [1.165, 1.54) is 24.6 Å². The van der Waals surface area contributed by atoms with Crippen LogP contribution in [0, 0.1) is 6.92 Å². The van der Waals surface area contributed by atoms with Gasteiger partial charge in [-0.15, -0.1) is 10.2 Å². The lowest BCUT2D eigenvalue weighted by atomic mass is 10.6. The van der Waals surface area contributed by atoms with Gasteiger partial charge in [-0.1, -0.05) is 11.8 Å².